The Balaban J connectivity index is 1.81. The molecule has 1 N–H and O–H groups in total. The van der Waals surface area contributed by atoms with Crippen molar-refractivity contribution in [2.24, 2.45) is 0 Å². The van der Waals surface area contributed by atoms with Gasteiger partial charge in [0.2, 0.25) is 5.95 Å². The summed E-state index contributed by atoms with van der Waals surface area (Å²) in [5, 5.41) is 3.25. The first-order valence-corrected chi connectivity index (χ1v) is 7.77. The lowest BCUT2D eigenvalue weighted by atomic mass is 9.97. The molecule has 1 aromatic carbocycles. The first-order chi connectivity index (χ1) is 10.9. The third-order valence-corrected chi connectivity index (χ3v) is 4.20. The third-order valence-electron chi connectivity index (χ3n) is 3.89. The molecule has 0 saturated heterocycles. The highest BCUT2D eigenvalue weighted by Crippen LogP contribution is 2.32. The smallest absolute Gasteiger partial charge is 0.350 e. The zero-order valence-electron chi connectivity index (χ0n) is 12.3. The van der Waals surface area contributed by atoms with Crippen LogP contribution in [0.3, 0.4) is 0 Å². The molecule has 0 fully saturated rings. The van der Waals surface area contributed by atoms with E-state index in [1.165, 1.54) is 12.1 Å². The van der Waals surface area contributed by atoms with Gasteiger partial charge in [0.15, 0.2) is 0 Å². The van der Waals surface area contributed by atoms with Crippen LogP contribution in [0, 0.1) is 0 Å². The van der Waals surface area contributed by atoms with Gasteiger partial charge in [-0.3, -0.25) is 0 Å². The van der Waals surface area contributed by atoms with Gasteiger partial charge in [0.05, 0.1) is 11.3 Å². The van der Waals surface area contributed by atoms with Crippen LogP contribution in [0.2, 0.25) is 5.15 Å². The Labute approximate surface area is 136 Å². The van der Waals surface area contributed by atoms with E-state index in [-0.39, 0.29) is 18.1 Å². The van der Waals surface area contributed by atoms with Gasteiger partial charge in [0.1, 0.15) is 5.15 Å². The minimum absolute atomic E-state index is 0.00913. The van der Waals surface area contributed by atoms with Crippen LogP contribution in [-0.4, -0.2) is 9.97 Å². The van der Waals surface area contributed by atoms with Crippen molar-refractivity contribution < 1.29 is 13.2 Å². The van der Waals surface area contributed by atoms with E-state index in [0.29, 0.717) is 5.15 Å². The number of anilines is 1. The average Bonchev–Trinajstić information content (AvgIpc) is 2.52. The van der Waals surface area contributed by atoms with Crippen molar-refractivity contribution in [3.8, 4) is 0 Å². The highest BCUT2D eigenvalue weighted by Gasteiger charge is 2.32. The number of aryl methyl sites for hydroxylation is 1. The Hall–Kier alpha value is -1.82. The number of nitrogens with zero attached hydrogens (tertiary/aromatic N) is 2. The number of benzene rings is 1. The van der Waals surface area contributed by atoms with E-state index in [1.54, 1.807) is 6.07 Å². The predicted molar refractivity (Wildman–Crippen MR) is 82.5 cm³/mol. The number of aromatic nitrogens is 2. The summed E-state index contributed by atoms with van der Waals surface area (Å²) in [6, 6.07) is 5.46. The van der Waals surface area contributed by atoms with E-state index in [4.69, 9.17) is 11.6 Å². The van der Waals surface area contributed by atoms with Crippen molar-refractivity contribution in [3.63, 3.8) is 0 Å². The molecule has 7 heteroatoms. The molecule has 0 unspecified atom stereocenters. The summed E-state index contributed by atoms with van der Waals surface area (Å²) in [7, 11) is 0. The van der Waals surface area contributed by atoms with Gasteiger partial charge in [0, 0.05) is 12.1 Å². The quantitative estimate of drug-likeness (QED) is 0.826. The first-order valence-electron chi connectivity index (χ1n) is 7.39. The van der Waals surface area contributed by atoms with E-state index >= 15 is 0 Å². The standard InChI is InChI=1S/C16H15ClF3N3/c17-14-11-6-2-4-8-13(11)22-15(23-14)21-9-10-5-1-3-7-12(10)16(18,19)20/h1,3,5,7H,2,4,6,8-9H2,(H,21,22,23). The van der Waals surface area contributed by atoms with Crippen LogP contribution < -0.4 is 5.32 Å². The Morgan fingerprint density at radius 2 is 1.83 bits per heavy atom. The monoisotopic (exact) mass is 341 g/mol. The van der Waals surface area contributed by atoms with Gasteiger partial charge in [-0.2, -0.15) is 13.2 Å². The molecular formula is C16H15ClF3N3. The molecule has 1 heterocycles. The van der Waals surface area contributed by atoms with Crippen molar-refractivity contribution in [2.45, 2.75) is 38.4 Å². The Kier molecular flexibility index (Phi) is 4.43. The predicted octanol–water partition coefficient (Wildman–Crippen LogP) is 4.64. The van der Waals surface area contributed by atoms with Crippen molar-refractivity contribution in [3.05, 3.63) is 51.8 Å². The second-order valence-electron chi connectivity index (χ2n) is 5.48. The van der Waals surface area contributed by atoms with E-state index in [9.17, 15) is 13.2 Å². The lowest BCUT2D eigenvalue weighted by Gasteiger charge is -2.17. The normalized spacial score (nSPS) is 14.4. The molecule has 122 valence electrons. The number of fused-ring (bicyclic) bond motifs is 1. The molecule has 2 aromatic rings. The summed E-state index contributed by atoms with van der Waals surface area (Å²) in [6.07, 6.45) is -0.609. The molecule has 0 saturated carbocycles. The lowest BCUT2D eigenvalue weighted by Crippen LogP contribution is -2.14. The molecule has 1 aliphatic carbocycles. The Morgan fingerprint density at radius 3 is 2.61 bits per heavy atom. The summed E-state index contributed by atoms with van der Waals surface area (Å²) < 4.78 is 38.9. The van der Waals surface area contributed by atoms with Crippen molar-refractivity contribution in [1.82, 2.24) is 9.97 Å². The molecule has 1 aromatic heterocycles. The van der Waals surface area contributed by atoms with Crippen molar-refractivity contribution in [2.75, 3.05) is 5.32 Å². The number of nitrogens with one attached hydrogen (secondary N) is 1. The number of hydrogen-bond donors (Lipinski definition) is 1. The van der Waals surface area contributed by atoms with Crippen molar-refractivity contribution >= 4 is 17.5 Å². The van der Waals surface area contributed by atoms with Crippen LogP contribution >= 0.6 is 11.6 Å². The maximum absolute atomic E-state index is 13.0. The second kappa shape index (κ2) is 6.35. The van der Waals surface area contributed by atoms with Crippen LogP contribution in [0.15, 0.2) is 24.3 Å². The molecule has 0 atom stereocenters. The number of hydrogen-bond acceptors (Lipinski definition) is 3. The van der Waals surface area contributed by atoms with Gasteiger partial charge in [-0.15, -0.1) is 0 Å². The second-order valence-corrected chi connectivity index (χ2v) is 5.84. The number of rotatable bonds is 3. The molecule has 0 amide bonds. The van der Waals surface area contributed by atoms with Gasteiger partial charge in [-0.05, 0) is 37.3 Å². The Bertz CT molecular complexity index is 716. The van der Waals surface area contributed by atoms with Gasteiger partial charge < -0.3 is 5.32 Å². The zero-order valence-corrected chi connectivity index (χ0v) is 13.0. The Morgan fingerprint density at radius 1 is 1.09 bits per heavy atom. The fourth-order valence-electron chi connectivity index (χ4n) is 2.75. The maximum Gasteiger partial charge on any atom is 0.416 e. The third kappa shape index (κ3) is 3.58. The topological polar surface area (TPSA) is 37.8 Å². The van der Waals surface area contributed by atoms with Gasteiger partial charge in [-0.25, -0.2) is 9.97 Å². The fourth-order valence-corrected chi connectivity index (χ4v) is 3.04. The summed E-state index contributed by atoms with van der Waals surface area (Å²) in [5.41, 5.74) is 1.34. The molecule has 23 heavy (non-hydrogen) atoms. The molecule has 3 rings (SSSR count). The maximum atomic E-state index is 13.0. The molecule has 0 bridgehead atoms. The highest BCUT2D eigenvalue weighted by atomic mass is 35.5. The van der Waals surface area contributed by atoms with E-state index < -0.39 is 11.7 Å². The zero-order chi connectivity index (χ0) is 16.4. The van der Waals surface area contributed by atoms with Gasteiger partial charge in [0.25, 0.3) is 0 Å². The fraction of sp³-hybridized carbons (Fsp3) is 0.375. The van der Waals surface area contributed by atoms with Crippen LogP contribution in [0.5, 0.6) is 0 Å². The van der Waals surface area contributed by atoms with Crippen LogP contribution in [-0.2, 0) is 25.6 Å². The molecule has 0 aliphatic heterocycles. The number of alkyl halides is 3. The summed E-state index contributed by atoms with van der Waals surface area (Å²) in [5.74, 6) is 0.271. The van der Waals surface area contributed by atoms with E-state index in [2.05, 4.69) is 15.3 Å². The minimum atomic E-state index is -4.38. The first kappa shape index (κ1) is 16.1. The van der Waals surface area contributed by atoms with Gasteiger partial charge >= 0.3 is 6.18 Å². The molecule has 1 aliphatic rings. The molecule has 0 radical (unpaired) electrons. The summed E-state index contributed by atoms with van der Waals surface area (Å²) in [4.78, 5) is 8.55. The number of halogens is 4. The van der Waals surface area contributed by atoms with Crippen molar-refractivity contribution in [1.29, 1.82) is 0 Å². The minimum Gasteiger partial charge on any atom is -0.350 e. The summed E-state index contributed by atoms with van der Waals surface area (Å²) >= 11 is 6.16. The SMILES string of the molecule is FC(F)(F)c1ccccc1CNc1nc(Cl)c2c(n1)CCCC2. The molecule has 0 spiro atoms. The average molecular weight is 342 g/mol. The van der Waals surface area contributed by atoms with E-state index in [1.807, 2.05) is 0 Å². The van der Waals surface area contributed by atoms with E-state index in [0.717, 1.165) is 43.0 Å². The van der Waals surface area contributed by atoms with Gasteiger partial charge in [-0.1, -0.05) is 29.8 Å². The molecular weight excluding hydrogens is 327 g/mol. The molecule has 3 nitrogen and oxygen atoms in total. The lowest BCUT2D eigenvalue weighted by molar-refractivity contribution is -0.138. The summed E-state index contributed by atoms with van der Waals surface area (Å²) in [6.45, 7) is -0.00913. The van der Waals surface area contributed by atoms with Crippen LogP contribution in [0.1, 0.15) is 35.2 Å². The highest BCUT2D eigenvalue weighted by molar-refractivity contribution is 6.30. The largest absolute Gasteiger partial charge is 0.416 e. The van der Waals surface area contributed by atoms with Crippen LogP contribution in [0.25, 0.3) is 0 Å². The van der Waals surface area contributed by atoms with Crippen LogP contribution in [0.4, 0.5) is 19.1 Å².